The van der Waals surface area contributed by atoms with Gasteiger partial charge in [0.1, 0.15) is 18.8 Å². The Kier molecular flexibility index (Phi) is 31.2. The molecule has 0 aromatic carbocycles. The van der Waals surface area contributed by atoms with Crippen molar-refractivity contribution in [2.24, 2.45) is 0 Å². The number of esters is 8. The molecule has 0 aliphatic heterocycles. The molecule has 6 N–H and O–H groups in total. The molecule has 25 nitrogen and oxygen atoms in total. The Labute approximate surface area is 355 Å². The summed E-state index contributed by atoms with van der Waals surface area (Å²) in [6.45, 7) is 17.3. The first-order chi connectivity index (χ1) is 28.7. The van der Waals surface area contributed by atoms with Gasteiger partial charge in [0.25, 0.3) is 11.8 Å². The largest absolute Gasteiger partial charge is 0.479 e. The van der Waals surface area contributed by atoms with Gasteiger partial charge in [0.2, 0.25) is 0 Å². The summed E-state index contributed by atoms with van der Waals surface area (Å²) < 4.78 is 37.3. The number of carbonyl (C=O) groups excluding carboxylic acids is 10. The van der Waals surface area contributed by atoms with Crippen molar-refractivity contribution in [3.63, 3.8) is 0 Å². The van der Waals surface area contributed by atoms with Gasteiger partial charge in [0.05, 0.1) is 13.2 Å². The predicted molar refractivity (Wildman–Crippen MR) is 204 cm³/mol. The number of carbonyl (C=O) groups is 11. The van der Waals surface area contributed by atoms with Crippen molar-refractivity contribution in [1.29, 1.82) is 0 Å². The third kappa shape index (κ3) is 28.1. The standard InChI is InChI=1S/C17H23NO9.C11H19NO7.C9H14O7/c1-6-13(19)24-9-8-18-15(21)10(3)26-17(23)12(5)27-16(22)11(4)25-14(20)7-2;1-6(14)10(16)19-8(3)11(17)18-7(2)9(15)12-4-5-13;1-4(10)8(13)16-6(3)9(14)15-5(2)7(11)12/h6-7,10-12H,1-2,8-9H2,3-5H3,(H,18,21);6-8,13-14H,4-5H2,1-3H3,(H,12,15);4-6,10H,1-3H3,(H,11,12). The molecular weight excluding hydrogens is 840 g/mol. The van der Waals surface area contributed by atoms with Gasteiger partial charge >= 0.3 is 53.7 Å². The monoisotopic (exact) mass is 896 g/mol. The number of aliphatic carboxylic acids is 1. The van der Waals surface area contributed by atoms with Crippen LogP contribution in [0.15, 0.2) is 25.3 Å². The number of carboxylic acid groups (broad SMARTS) is 1. The van der Waals surface area contributed by atoms with Crippen LogP contribution in [0.25, 0.3) is 0 Å². The zero-order valence-corrected chi connectivity index (χ0v) is 35.6. The molecule has 9 atom stereocenters. The molecule has 25 heteroatoms. The summed E-state index contributed by atoms with van der Waals surface area (Å²) in [5.74, 6) is -9.71. The second kappa shape index (κ2) is 32.3. The molecule has 0 aliphatic rings. The Hall–Kier alpha value is -6.47. The van der Waals surface area contributed by atoms with Gasteiger partial charge < -0.3 is 69.0 Å². The van der Waals surface area contributed by atoms with Gasteiger partial charge in [-0.25, -0.2) is 43.2 Å². The lowest BCUT2D eigenvalue weighted by atomic mass is 10.3. The molecule has 9 unspecified atom stereocenters. The van der Waals surface area contributed by atoms with Gasteiger partial charge in [-0.1, -0.05) is 13.2 Å². The molecule has 0 heterocycles. The Morgan fingerprint density at radius 2 is 0.774 bits per heavy atom. The van der Waals surface area contributed by atoms with E-state index in [0.29, 0.717) is 0 Å². The van der Waals surface area contributed by atoms with Crippen molar-refractivity contribution in [2.45, 2.75) is 117 Å². The molecule has 0 saturated carbocycles. The molecule has 0 fully saturated rings. The Morgan fingerprint density at radius 3 is 1.10 bits per heavy atom. The van der Waals surface area contributed by atoms with Crippen LogP contribution in [0.2, 0.25) is 0 Å². The number of ether oxygens (including phenoxy) is 8. The van der Waals surface area contributed by atoms with Gasteiger partial charge in [-0.15, -0.1) is 0 Å². The van der Waals surface area contributed by atoms with Crippen molar-refractivity contribution in [3.05, 3.63) is 25.3 Å². The van der Waals surface area contributed by atoms with E-state index in [2.05, 4.69) is 47.5 Å². The quantitative estimate of drug-likeness (QED) is 0.0266. The average Bonchev–Trinajstić information content (AvgIpc) is 3.20. The highest BCUT2D eigenvalue weighted by atomic mass is 16.6. The zero-order valence-electron chi connectivity index (χ0n) is 35.6. The minimum absolute atomic E-state index is 0.0109. The van der Waals surface area contributed by atoms with Crippen LogP contribution in [0.5, 0.6) is 0 Å². The lowest BCUT2D eigenvalue weighted by Crippen LogP contribution is -2.40. The van der Waals surface area contributed by atoms with Crippen LogP contribution in [0.1, 0.15) is 62.3 Å². The van der Waals surface area contributed by atoms with Crippen LogP contribution in [0.3, 0.4) is 0 Å². The summed E-state index contributed by atoms with van der Waals surface area (Å²) in [5.41, 5.74) is 0. The van der Waals surface area contributed by atoms with Crippen LogP contribution in [-0.4, -0.2) is 167 Å². The predicted octanol–water partition coefficient (Wildman–Crippen LogP) is -2.53. The van der Waals surface area contributed by atoms with Gasteiger partial charge in [-0.05, 0) is 62.3 Å². The normalized spacial score (nSPS) is 14.4. The maximum absolute atomic E-state index is 11.9. The van der Waals surface area contributed by atoms with Crippen molar-refractivity contribution in [3.8, 4) is 0 Å². The number of hydrogen-bond acceptors (Lipinski definition) is 22. The summed E-state index contributed by atoms with van der Waals surface area (Å²) in [7, 11) is 0. The van der Waals surface area contributed by atoms with E-state index in [1.807, 2.05) is 0 Å². The summed E-state index contributed by atoms with van der Waals surface area (Å²) >= 11 is 0. The number of aliphatic hydroxyl groups is 3. The Bertz CT molecular complexity index is 1560. The number of rotatable bonds is 23. The fourth-order valence-electron chi connectivity index (χ4n) is 3.05. The molecular formula is C37H56N2O23. The number of hydrogen-bond donors (Lipinski definition) is 6. The average molecular weight is 897 g/mol. The van der Waals surface area contributed by atoms with Crippen molar-refractivity contribution in [2.75, 3.05) is 26.3 Å². The molecule has 0 aromatic heterocycles. The van der Waals surface area contributed by atoms with Crippen molar-refractivity contribution < 1.29 is 111 Å². The van der Waals surface area contributed by atoms with Crippen LogP contribution in [0, 0.1) is 0 Å². The summed E-state index contributed by atoms with van der Waals surface area (Å²) in [4.78, 5) is 123. The van der Waals surface area contributed by atoms with Crippen LogP contribution < -0.4 is 10.6 Å². The number of nitrogens with one attached hydrogen (secondary N) is 2. The fraction of sp³-hybridized carbons (Fsp3) is 0.595. The van der Waals surface area contributed by atoms with E-state index in [9.17, 15) is 52.7 Å². The van der Waals surface area contributed by atoms with E-state index in [1.165, 1.54) is 62.3 Å². The lowest BCUT2D eigenvalue weighted by Gasteiger charge is -2.18. The molecule has 2 amide bonds. The third-order valence-electron chi connectivity index (χ3n) is 6.54. The van der Waals surface area contributed by atoms with Crippen LogP contribution in [-0.2, 0) is 90.6 Å². The molecule has 0 aromatic rings. The van der Waals surface area contributed by atoms with Crippen molar-refractivity contribution >= 4 is 65.5 Å². The Balaban J connectivity index is -0.000000878. The maximum Gasteiger partial charge on any atom is 0.348 e. The molecule has 0 rings (SSSR count). The van der Waals surface area contributed by atoms with Gasteiger partial charge in [-0.2, -0.15) is 0 Å². The van der Waals surface area contributed by atoms with E-state index in [4.69, 9.17) is 34.6 Å². The molecule has 0 aliphatic carbocycles. The minimum Gasteiger partial charge on any atom is -0.479 e. The minimum atomic E-state index is -1.35. The van der Waals surface area contributed by atoms with Gasteiger partial charge in [-0.3, -0.25) is 9.59 Å². The van der Waals surface area contributed by atoms with Gasteiger partial charge in [0.15, 0.2) is 42.7 Å². The SMILES string of the molecule is C=CC(=O)OCCNC(=O)C(C)OC(=O)C(C)OC(=O)C(C)OC(=O)C=C.CC(O)C(=O)OC(C)C(=O)OC(C)C(=O)NCCO.CC(O)C(=O)OC(C)C(=O)OC(C)C(=O)O. The smallest absolute Gasteiger partial charge is 0.348 e. The first-order valence-electron chi connectivity index (χ1n) is 18.3. The third-order valence-corrected chi connectivity index (χ3v) is 6.54. The van der Waals surface area contributed by atoms with E-state index < -0.39 is 120 Å². The zero-order chi connectivity index (χ0) is 48.9. The highest BCUT2D eigenvalue weighted by Crippen LogP contribution is 2.05. The molecule has 0 bridgehead atoms. The van der Waals surface area contributed by atoms with Crippen molar-refractivity contribution in [1.82, 2.24) is 10.6 Å². The first kappa shape index (κ1) is 59.8. The lowest BCUT2D eigenvalue weighted by molar-refractivity contribution is -0.178. The molecule has 0 saturated heterocycles. The van der Waals surface area contributed by atoms with Crippen LogP contribution >= 0.6 is 0 Å². The molecule has 0 radical (unpaired) electrons. The first-order valence-corrected chi connectivity index (χ1v) is 18.3. The molecule has 62 heavy (non-hydrogen) atoms. The summed E-state index contributed by atoms with van der Waals surface area (Å²) in [6.07, 6.45) is -9.48. The summed E-state index contributed by atoms with van der Waals surface area (Å²) in [5, 5.41) is 39.4. The Morgan fingerprint density at radius 1 is 0.468 bits per heavy atom. The van der Waals surface area contributed by atoms with E-state index >= 15 is 0 Å². The fourth-order valence-corrected chi connectivity index (χ4v) is 3.05. The number of aliphatic hydroxyl groups excluding tert-OH is 3. The second-order valence-electron chi connectivity index (χ2n) is 12.1. The maximum atomic E-state index is 11.9. The number of carboxylic acids is 1. The van der Waals surface area contributed by atoms with Gasteiger partial charge in [0, 0.05) is 18.7 Å². The number of amides is 2. The highest BCUT2D eigenvalue weighted by molar-refractivity contribution is 5.88. The highest BCUT2D eigenvalue weighted by Gasteiger charge is 2.29. The summed E-state index contributed by atoms with van der Waals surface area (Å²) in [6, 6.07) is 0. The topological polar surface area (TPSA) is 367 Å². The second-order valence-corrected chi connectivity index (χ2v) is 12.1. The molecule has 0 spiro atoms. The van der Waals surface area contributed by atoms with Crippen LogP contribution in [0.4, 0.5) is 0 Å². The van der Waals surface area contributed by atoms with E-state index in [-0.39, 0.29) is 26.3 Å². The molecule has 352 valence electrons. The van der Waals surface area contributed by atoms with E-state index in [1.54, 1.807) is 0 Å². The van der Waals surface area contributed by atoms with E-state index in [0.717, 1.165) is 12.2 Å².